The fourth-order valence-electron chi connectivity index (χ4n) is 2.34. The fraction of sp³-hybridized carbons (Fsp3) is 0.400. The second-order valence-electron chi connectivity index (χ2n) is 5.35. The summed E-state index contributed by atoms with van der Waals surface area (Å²) >= 11 is 0. The van der Waals surface area contributed by atoms with Crippen molar-refractivity contribution in [3.63, 3.8) is 0 Å². The van der Waals surface area contributed by atoms with Gasteiger partial charge in [-0.15, -0.1) is 0 Å². The van der Waals surface area contributed by atoms with Gasteiger partial charge in [0.2, 0.25) is 0 Å². The highest BCUT2D eigenvalue weighted by molar-refractivity contribution is 5.96. The van der Waals surface area contributed by atoms with Crippen LogP contribution in [-0.2, 0) is 0 Å². The van der Waals surface area contributed by atoms with E-state index in [0.29, 0.717) is 17.4 Å². The average molecular weight is 245 g/mol. The van der Waals surface area contributed by atoms with Crippen LogP contribution in [0.4, 0.5) is 0 Å². The van der Waals surface area contributed by atoms with Gasteiger partial charge in [0.15, 0.2) is 0 Å². The third kappa shape index (κ3) is 2.01. The van der Waals surface area contributed by atoms with Gasteiger partial charge in [-0.25, -0.2) is 4.79 Å². The lowest BCUT2D eigenvalue weighted by Gasteiger charge is -2.10. The molecular weight excluding hydrogens is 226 g/mol. The lowest BCUT2D eigenvalue weighted by molar-refractivity contribution is 0.0697. The zero-order valence-electron chi connectivity index (χ0n) is 11.2. The second kappa shape index (κ2) is 4.48. The molecule has 96 valence electrons. The van der Waals surface area contributed by atoms with E-state index in [1.165, 1.54) is 5.56 Å². The van der Waals surface area contributed by atoms with Crippen molar-refractivity contribution in [1.82, 2.24) is 4.98 Å². The van der Waals surface area contributed by atoms with Gasteiger partial charge in [0.05, 0.1) is 5.56 Å². The average Bonchev–Trinajstić information content (AvgIpc) is 2.70. The highest BCUT2D eigenvalue weighted by Gasteiger charge is 2.16. The number of hydrogen-bond donors (Lipinski definition) is 2. The Morgan fingerprint density at radius 2 is 1.72 bits per heavy atom. The van der Waals surface area contributed by atoms with Gasteiger partial charge in [0.1, 0.15) is 0 Å². The van der Waals surface area contributed by atoms with Crippen LogP contribution in [-0.4, -0.2) is 16.1 Å². The zero-order chi connectivity index (χ0) is 13.4. The van der Waals surface area contributed by atoms with E-state index in [0.717, 1.165) is 16.5 Å². The van der Waals surface area contributed by atoms with E-state index < -0.39 is 5.97 Å². The van der Waals surface area contributed by atoms with Crippen molar-refractivity contribution in [3.05, 3.63) is 35.0 Å². The molecule has 1 aromatic carbocycles. The highest BCUT2D eigenvalue weighted by Crippen LogP contribution is 2.32. The Morgan fingerprint density at radius 1 is 1.11 bits per heavy atom. The molecule has 2 aromatic rings. The fourth-order valence-corrected chi connectivity index (χ4v) is 2.34. The number of nitrogens with one attached hydrogen (secondary N) is 1. The molecule has 3 heteroatoms. The van der Waals surface area contributed by atoms with E-state index in [2.05, 4.69) is 32.7 Å². The van der Waals surface area contributed by atoms with Crippen LogP contribution < -0.4 is 0 Å². The monoisotopic (exact) mass is 245 g/mol. The second-order valence-corrected chi connectivity index (χ2v) is 5.35. The van der Waals surface area contributed by atoms with E-state index in [4.69, 9.17) is 0 Å². The van der Waals surface area contributed by atoms with Crippen molar-refractivity contribution in [3.8, 4) is 0 Å². The first-order valence-corrected chi connectivity index (χ1v) is 6.30. The summed E-state index contributed by atoms with van der Waals surface area (Å²) in [6.45, 7) is 8.39. The van der Waals surface area contributed by atoms with Gasteiger partial charge in [-0.05, 0) is 35.1 Å². The van der Waals surface area contributed by atoms with Crippen molar-refractivity contribution in [2.45, 2.75) is 39.5 Å². The normalized spacial score (nSPS) is 11.7. The molecule has 0 unspecified atom stereocenters. The molecule has 0 atom stereocenters. The molecule has 0 amide bonds. The maximum atomic E-state index is 11.2. The van der Waals surface area contributed by atoms with E-state index in [1.54, 1.807) is 12.1 Å². The van der Waals surface area contributed by atoms with Crippen LogP contribution in [0, 0.1) is 0 Å². The van der Waals surface area contributed by atoms with E-state index in [-0.39, 0.29) is 0 Å². The van der Waals surface area contributed by atoms with Gasteiger partial charge in [0.25, 0.3) is 0 Å². The summed E-state index contributed by atoms with van der Waals surface area (Å²) in [5, 5.41) is 10.2. The summed E-state index contributed by atoms with van der Waals surface area (Å²) in [4.78, 5) is 14.5. The van der Waals surface area contributed by atoms with Gasteiger partial charge in [0, 0.05) is 17.1 Å². The minimum atomic E-state index is -0.866. The Balaban J connectivity index is 2.79. The number of H-pyrrole nitrogens is 1. The number of aromatic nitrogens is 1. The molecular formula is C15H19NO2. The molecule has 0 radical (unpaired) electrons. The maximum absolute atomic E-state index is 11.2. The first kappa shape index (κ1) is 12.7. The molecule has 18 heavy (non-hydrogen) atoms. The van der Waals surface area contributed by atoms with Crippen LogP contribution in [0.1, 0.15) is 61.0 Å². The molecule has 1 heterocycles. The summed E-state index contributed by atoms with van der Waals surface area (Å²) in [6.07, 6.45) is 1.99. The number of benzene rings is 1. The summed E-state index contributed by atoms with van der Waals surface area (Å²) in [6, 6.07) is 3.55. The minimum absolute atomic E-state index is 0.297. The van der Waals surface area contributed by atoms with Crippen molar-refractivity contribution in [2.75, 3.05) is 0 Å². The van der Waals surface area contributed by atoms with Crippen molar-refractivity contribution >= 4 is 16.9 Å². The summed E-state index contributed by atoms with van der Waals surface area (Å²) in [5.74, 6) is -0.192. The first-order chi connectivity index (χ1) is 8.41. The quantitative estimate of drug-likeness (QED) is 0.854. The van der Waals surface area contributed by atoms with Crippen LogP contribution in [0.25, 0.3) is 10.9 Å². The van der Waals surface area contributed by atoms with Crippen LogP contribution in [0.5, 0.6) is 0 Å². The number of rotatable bonds is 3. The zero-order valence-corrected chi connectivity index (χ0v) is 11.2. The van der Waals surface area contributed by atoms with Gasteiger partial charge >= 0.3 is 5.97 Å². The van der Waals surface area contributed by atoms with Crippen LogP contribution in [0.3, 0.4) is 0 Å². The molecule has 0 saturated carbocycles. The summed E-state index contributed by atoms with van der Waals surface area (Å²) < 4.78 is 0. The molecule has 0 aliphatic rings. The molecule has 3 nitrogen and oxygen atoms in total. The molecule has 0 spiro atoms. The van der Waals surface area contributed by atoms with Gasteiger partial charge in [-0.1, -0.05) is 27.7 Å². The van der Waals surface area contributed by atoms with Crippen LogP contribution >= 0.6 is 0 Å². The van der Waals surface area contributed by atoms with E-state index in [1.807, 2.05) is 6.20 Å². The highest BCUT2D eigenvalue weighted by atomic mass is 16.4. The maximum Gasteiger partial charge on any atom is 0.335 e. The Hall–Kier alpha value is -1.77. The predicted octanol–water partition coefficient (Wildman–Crippen LogP) is 4.11. The van der Waals surface area contributed by atoms with Gasteiger partial charge < -0.3 is 10.1 Å². The predicted molar refractivity (Wildman–Crippen MR) is 73.4 cm³/mol. The number of fused-ring (bicyclic) bond motifs is 1. The third-order valence-corrected chi connectivity index (χ3v) is 3.34. The van der Waals surface area contributed by atoms with E-state index in [9.17, 15) is 9.90 Å². The van der Waals surface area contributed by atoms with Crippen molar-refractivity contribution < 1.29 is 9.90 Å². The lowest BCUT2D eigenvalue weighted by atomic mass is 9.94. The minimum Gasteiger partial charge on any atom is -0.478 e. The number of carboxylic acid groups (broad SMARTS) is 1. The Morgan fingerprint density at radius 3 is 2.22 bits per heavy atom. The molecule has 0 fully saturated rings. The Labute approximate surface area is 107 Å². The molecule has 1 aromatic heterocycles. The number of aromatic amines is 1. The first-order valence-electron chi connectivity index (χ1n) is 6.30. The summed E-state index contributed by atoms with van der Waals surface area (Å²) in [5.41, 5.74) is 3.68. The van der Waals surface area contributed by atoms with Gasteiger partial charge in [-0.2, -0.15) is 0 Å². The number of hydrogen-bond acceptors (Lipinski definition) is 1. The number of aromatic carboxylic acids is 1. The van der Waals surface area contributed by atoms with Crippen LogP contribution in [0.15, 0.2) is 18.3 Å². The van der Waals surface area contributed by atoms with Crippen LogP contribution in [0.2, 0.25) is 0 Å². The molecule has 0 saturated heterocycles. The van der Waals surface area contributed by atoms with Crippen molar-refractivity contribution in [1.29, 1.82) is 0 Å². The smallest absolute Gasteiger partial charge is 0.335 e. The Bertz CT molecular complexity index is 594. The number of carbonyl (C=O) groups is 1. The number of carboxylic acids is 1. The lowest BCUT2D eigenvalue weighted by Crippen LogP contribution is -2.00. The molecule has 2 rings (SSSR count). The Kier molecular flexibility index (Phi) is 3.16. The van der Waals surface area contributed by atoms with Gasteiger partial charge in [-0.3, -0.25) is 0 Å². The molecule has 0 aliphatic carbocycles. The van der Waals surface area contributed by atoms with Crippen molar-refractivity contribution in [2.24, 2.45) is 0 Å². The SMILES string of the molecule is CC(C)c1c[nH]c2c(C(C)C)cc(C(=O)O)cc12. The molecule has 2 N–H and O–H groups in total. The standard InChI is InChI=1S/C15H19NO2/c1-8(2)11-5-10(15(17)18)6-12-13(9(3)4)7-16-14(11)12/h5-9,16H,1-4H3,(H,17,18). The third-order valence-electron chi connectivity index (χ3n) is 3.34. The van der Waals surface area contributed by atoms with E-state index >= 15 is 0 Å². The summed E-state index contributed by atoms with van der Waals surface area (Å²) in [7, 11) is 0. The molecule has 0 aliphatic heterocycles. The molecule has 0 bridgehead atoms. The topological polar surface area (TPSA) is 53.1 Å². The largest absolute Gasteiger partial charge is 0.478 e.